The van der Waals surface area contributed by atoms with Gasteiger partial charge in [0.2, 0.25) is 11.8 Å². The zero-order chi connectivity index (χ0) is 18.8. The van der Waals surface area contributed by atoms with E-state index in [4.69, 9.17) is 0 Å². The first-order valence-corrected chi connectivity index (χ1v) is 8.99. The van der Waals surface area contributed by atoms with E-state index in [2.05, 4.69) is 0 Å². The third-order valence-electron chi connectivity index (χ3n) is 5.03. The van der Waals surface area contributed by atoms with Gasteiger partial charge in [-0.15, -0.1) is 0 Å². The molecule has 2 heterocycles. The van der Waals surface area contributed by atoms with Crippen LogP contribution < -0.4 is 0 Å². The average molecular weight is 357 g/mol. The molecule has 1 aromatic carbocycles. The summed E-state index contributed by atoms with van der Waals surface area (Å²) in [6.07, 6.45) is 1.13. The van der Waals surface area contributed by atoms with E-state index in [1.54, 1.807) is 41.0 Å². The fourth-order valence-corrected chi connectivity index (χ4v) is 3.55. The maximum atomic E-state index is 12.9. The van der Waals surface area contributed by atoms with Gasteiger partial charge in [0.15, 0.2) is 0 Å². The highest BCUT2D eigenvalue weighted by Crippen LogP contribution is 2.25. The Morgan fingerprint density at radius 1 is 0.962 bits per heavy atom. The van der Waals surface area contributed by atoms with E-state index in [0.29, 0.717) is 50.1 Å². The molecular weight excluding hydrogens is 334 g/mol. The number of carbonyl (C=O) groups excluding carboxylic acids is 4. The highest BCUT2D eigenvalue weighted by molar-refractivity contribution is 6.22. The first kappa shape index (κ1) is 18.1. The molecule has 1 atom stereocenters. The Hall–Kier alpha value is -2.70. The first-order chi connectivity index (χ1) is 12.5. The fourth-order valence-electron chi connectivity index (χ4n) is 3.55. The highest BCUT2D eigenvalue weighted by atomic mass is 16.2. The number of rotatable bonds is 3. The molecule has 3 rings (SSSR count). The summed E-state index contributed by atoms with van der Waals surface area (Å²) in [5, 5.41) is 0. The summed E-state index contributed by atoms with van der Waals surface area (Å²) in [5.74, 6) is -1.04. The van der Waals surface area contributed by atoms with E-state index in [0.717, 1.165) is 4.90 Å². The first-order valence-electron chi connectivity index (χ1n) is 8.99. The summed E-state index contributed by atoms with van der Waals surface area (Å²) in [6, 6.07) is 5.75. The van der Waals surface area contributed by atoms with Crippen molar-refractivity contribution < 1.29 is 19.2 Å². The van der Waals surface area contributed by atoms with Gasteiger partial charge in [-0.2, -0.15) is 0 Å². The van der Waals surface area contributed by atoms with Crippen molar-refractivity contribution in [3.63, 3.8) is 0 Å². The second-order valence-corrected chi connectivity index (χ2v) is 6.62. The molecule has 0 N–H and O–H groups in total. The fraction of sp³-hybridized carbons (Fsp3) is 0.474. The Morgan fingerprint density at radius 3 is 2.08 bits per heavy atom. The number of carbonyl (C=O) groups is 4. The van der Waals surface area contributed by atoms with E-state index in [9.17, 15) is 19.2 Å². The Morgan fingerprint density at radius 2 is 1.50 bits per heavy atom. The molecule has 1 unspecified atom stereocenters. The van der Waals surface area contributed by atoms with Crippen molar-refractivity contribution in [3.8, 4) is 0 Å². The van der Waals surface area contributed by atoms with Crippen LogP contribution in [0.25, 0.3) is 0 Å². The van der Waals surface area contributed by atoms with E-state index in [1.165, 1.54) is 0 Å². The normalized spacial score (nSPS) is 18.6. The van der Waals surface area contributed by atoms with Crippen molar-refractivity contribution in [1.82, 2.24) is 14.7 Å². The van der Waals surface area contributed by atoms with E-state index in [-0.39, 0.29) is 11.8 Å². The van der Waals surface area contributed by atoms with Gasteiger partial charge in [0.1, 0.15) is 6.04 Å². The van der Waals surface area contributed by atoms with E-state index in [1.807, 2.05) is 6.92 Å². The number of hydrogen-bond acceptors (Lipinski definition) is 4. The molecular formula is C19H23N3O4. The lowest BCUT2D eigenvalue weighted by molar-refractivity contribution is -0.135. The van der Waals surface area contributed by atoms with Crippen molar-refractivity contribution >= 4 is 23.6 Å². The molecule has 7 nitrogen and oxygen atoms in total. The zero-order valence-electron chi connectivity index (χ0n) is 15.1. The molecule has 2 aliphatic rings. The largest absolute Gasteiger partial charge is 0.341 e. The Bertz CT molecular complexity index is 726. The van der Waals surface area contributed by atoms with Gasteiger partial charge < -0.3 is 9.80 Å². The van der Waals surface area contributed by atoms with E-state index < -0.39 is 17.9 Å². The number of nitrogens with zero attached hydrogens (tertiary/aromatic N) is 3. The summed E-state index contributed by atoms with van der Waals surface area (Å²) in [7, 11) is 0. The van der Waals surface area contributed by atoms with Crippen molar-refractivity contribution in [3.05, 3.63) is 35.4 Å². The topological polar surface area (TPSA) is 78.0 Å². The van der Waals surface area contributed by atoms with Crippen molar-refractivity contribution in [2.24, 2.45) is 0 Å². The number of imide groups is 1. The lowest BCUT2D eigenvalue weighted by atomic mass is 10.1. The minimum absolute atomic E-state index is 0.0766. The molecule has 138 valence electrons. The Balaban J connectivity index is 1.72. The van der Waals surface area contributed by atoms with Crippen LogP contribution in [0.1, 0.15) is 47.4 Å². The van der Waals surface area contributed by atoms with Crippen LogP contribution in [0, 0.1) is 0 Å². The smallest absolute Gasteiger partial charge is 0.262 e. The number of amides is 4. The molecule has 0 spiro atoms. The second-order valence-electron chi connectivity index (χ2n) is 6.62. The summed E-state index contributed by atoms with van der Waals surface area (Å²) in [5.41, 5.74) is 0.681. The molecule has 0 radical (unpaired) electrons. The van der Waals surface area contributed by atoms with Gasteiger partial charge in [0.05, 0.1) is 11.1 Å². The minimum atomic E-state index is -0.865. The van der Waals surface area contributed by atoms with Crippen LogP contribution in [0.3, 0.4) is 0 Å². The maximum Gasteiger partial charge on any atom is 0.262 e. The van der Waals surface area contributed by atoms with Gasteiger partial charge in [0, 0.05) is 32.6 Å². The number of hydrogen-bond donors (Lipinski definition) is 0. The molecule has 0 aromatic heterocycles. The number of fused-ring (bicyclic) bond motifs is 1. The minimum Gasteiger partial charge on any atom is -0.341 e. The summed E-state index contributed by atoms with van der Waals surface area (Å²) >= 11 is 0. The summed E-state index contributed by atoms with van der Waals surface area (Å²) < 4.78 is 0. The molecule has 0 saturated carbocycles. The molecule has 0 aliphatic carbocycles. The molecule has 2 aliphatic heterocycles. The van der Waals surface area contributed by atoms with Gasteiger partial charge >= 0.3 is 0 Å². The van der Waals surface area contributed by atoms with Crippen molar-refractivity contribution in [2.45, 2.75) is 32.7 Å². The third-order valence-corrected chi connectivity index (χ3v) is 5.03. The van der Waals surface area contributed by atoms with Crippen LogP contribution in [0.2, 0.25) is 0 Å². The van der Waals surface area contributed by atoms with Crippen LogP contribution in [0.15, 0.2) is 24.3 Å². The van der Waals surface area contributed by atoms with Crippen LogP contribution in [0.4, 0.5) is 0 Å². The molecule has 1 fully saturated rings. The second kappa shape index (κ2) is 7.27. The van der Waals surface area contributed by atoms with Crippen LogP contribution in [0.5, 0.6) is 0 Å². The van der Waals surface area contributed by atoms with Gasteiger partial charge in [-0.3, -0.25) is 24.1 Å². The van der Waals surface area contributed by atoms with Crippen molar-refractivity contribution in [2.75, 3.05) is 26.2 Å². The van der Waals surface area contributed by atoms with Crippen LogP contribution in [-0.4, -0.2) is 70.5 Å². The van der Waals surface area contributed by atoms with Crippen LogP contribution in [-0.2, 0) is 9.59 Å². The Kier molecular flexibility index (Phi) is 5.06. The molecule has 0 bridgehead atoms. The lowest BCUT2D eigenvalue weighted by Gasteiger charge is -2.28. The quantitative estimate of drug-likeness (QED) is 0.760. The number of benzene rings is 1. The molecule has 4 amide bonds. The lowest BCUT2D eigenvalue weighted by Crippen LogP contribution is -2.50. The predicted molar refractivity (Wildman–Crippen MR) is 94.5 cm³/mol. The molecule has 1 saturated heterocycles. The highest BCUT2D eigenvalue weighted by Gasteiger charge is 2.41. The standard InChI is InChI=1S/C19H23N3O4/c1-3-16(23)20-9-6-10-21(12-11-20)17(24)13(2)22-18(25)14-7-4-5-8-15(14)19(22)26/h4-5,7-8,13H,3,6,9-12H2,1-2H3. The average Bonchev–Trinajstić information content (AvgIpc) is 2.83. The van der Waals surface area contributed by atoms with Gasteiger partial charge in [-0.25, -0.2) is 0 Å². The maximum absolute atomic E-state index is 12.9. The third kappa shape index (κ3) is 3.09. The van der Waals surface area contributed by atoms with Crippen LogP contribution >= 0.6 is 0 Å². The zero-order valence-corrected chi connectivity index (χ0v) is 15.1. The monoisotopic (exact) mass is 357 g/mol. The van der Waals surface area contributed by atoms with Gasteiger partial charge in [-0.05, 0) is 25.5 Å². The predicted octanol–water partition coefficient (Wildman–Crippen LogP) is 1.14. The summed E-state index contributed by atoms with van der Waals surface area (Å²) in [6.45, 7) is 5.44. The van der Waals surface area contributed by atoms with Gasteiger partial charge in [-0.1, -0.05) is 19.1 Å². The molecule has 26 heavy (non-hydrogen) atoms. The molecule has 7 heteroatoms. The van der Waals surface area contributed by atoms with Gasteiger partial charge in [0.25, 0.3) is 11.8 Å². The SMILES string of the molecule is CCC(=O)N1CCCN(C(=O)C(C)N2C(=O)c3ccccc3C2=O)CC1. The Labute approximate surface area is 152 Å². The summed E-state index contributed by atoms with van der Waals surface area (Å²) in [4.78, 5) is 54.4. The molecule has 1 aromatic rings. The van der Waals surface area contributed by atoms with Crippen molar-refractivity contribution in [1.29, 1.82) is 0 Å². The van der Waals surface area contributed by atoms with E-state index >= 15 is 0 Å².